The number of carboxylic acids is 1. The largest absolute Gasteiger partial charge is 0.481 e. The Labute approximate surface area is 243 Å². The number of aliphatic carboxylic acids is 1. The highest BCUT2D eigenvalue weighted by Gasteiger charge is 2.45. The van der Waals surface area contributed by atoms with E-state index in [-0.39, 0.29) is 43.0 Å². The van der Waals surface area contributed by atoms with Gasteiger partial charge in [-0.15, -0.1) is 0 Å². The Bertz CT molecular complexity index is 947. The van der Waals surface area contributed by atoms with Gasteiger partial charge in [0.1, 0.15) is 6.10 Å². The number of para-hydroxylation sites is 2. The lowest BCUT2D eigenvalue weighted by Gasteiger charge is -2.33. The molecule has 41 heavy (non-hydrogen) atoms. The van der Waals surface area contributed by atoms with Crippen molar-refractivity contribution >= 4 is 5.97 Å². The molecule has 1 saturated carbocycles. The van der Waals surface area contributed by atoms with Crippen LogP contribution in [0, 0.1) is 11.8 Å². The van der Waals surface area contributed by atoms with Crippen LogP contribution >= 0.6 is 0 Å². The van der Waals surface area contributed by atoms with Gasteiger partial charge in [0.15, 0.2) is 24.1 Å². The van der Waals surface area contributed by atoms with Gasteiger partial charge < -0.3 is 38.6 Å². The summed E-state index contributed by atoms with van der Waals surface area (Å²) in [6, 6.07) is 7.67. The monoisotopic (exact) mass is 574 g/mol. The Morgan fingerprint density at radius 1 is 0.976 bits per heavy atom. The molecule has 228 valence electrons. The van der Waals surface area contributed by atoms with Gasteiger partial charge in [0.2, 0.25) is 0 Å². The van der Waals surface area contributed by atoms with E-state index in [0.29, 0.717) is 56.8 Å². The highest BCUT2D eigenvalue weighted by Crippen LogP contribution is 2.43. The fourth-order valence-electron chi connectivity index (χ4n) is 6.50. The van der Waals surface area contributed by atoms with Crippen molar-refractivity contribution in [3.8, 4) is 11.5 Å². The highest BCUT2D eigenvalue weighted by atomic mass is 16.8. The van der Waals surface area contributed by atoms with Gasteiger partial charge in [-0.05, 0) is 94.6 Å². The molecule has 3 heterocycles. The molecule has 2 saturated heterocycles. The van der Waals surface area contributed by atoms with Crippen LogP contribution in [0.2, 0.25) is 0 Å². The molecule has 9 heteroatoms. The molecule has 0 aromatic heterocycles. The average Bonchev–Trinajstić information content (AvgIpc) is 3.54. The Morgan fingerprint density at radius 2 is 1.68 bits per heavy atom. The van der Waals surface area contributed by atoms with Crippen LogP contribution in [0.25, 0.3) is 0 Å². The summed E-state index contributed by atoms with van der Waals surface area (Å²) in [5, 5.41) is 20.1. The smallest absolute Gasteiger partial charge is 0.303 e. The number of rotatable bonds is 14. The SMILES string of the molecule is O=C(O)CCC/C=C\C[C@@H]1[C@@H](CC[C@@H](OC2CCCCO2)C2Oc3ccccc3O2)[C@H](OC2CCCCO2)C[C@@H]1O. The molecule has 9 nitrogen and oxygen atoms in total. The quantitative estimate of drug-likeness (QED) is 0.217. The molecule has 0 spiro atoms. The van der Waals surface area contributed by atoms with Gasteiger partial charge in [0, 0.05) is 26.1 Å². The van der Waals surface area contributed by atoms with Crippen LogP contribution in [0.5, 0.6) is 11.5 Å². The van der Waals surface area contributed by atoms with Gasteiger partial charge in [0.25, 0.3) is 6.29 Å². The lowest BCUT2D eigenvalue weighted by molar-refractivity contribution is -0.225. The summed E-state index contributed by atoms with van der Waals surface area (Å²) in [4.78, 5) is 10.8. The summed E-state index contributed by atoms with van der Waals surface area (Å²) in [6.45, 7) is 1.40. The minimum atomic E-state index is -0.775. The van der Waals surface area contributed by atoms with Gasteiger partial charge in [-0.2, -0.15) is 0 Å². The number of aliphatic hydroxyl groups excluding tert-OH is 1. The average molecular weight is 575 g/mol. The van der Waals surface area contributed by atoms with E-state index >= 15 is 0 Å². The van der Waals surface area contributed by atoms with Crippen molar-refractivity contribution in [1.29, 1.82) is 0 Å². The summed E-state index contributed by atoms with van der Waals surface area (Å²) >= 11 is 0. The molecule has 1 aromatic carbocycles. The van der Waals surface area contributed by atoms with Crippen LogP contribution in [0.1, 0.15) is 83.5 Å². The molecule has 7 atom stereocenters. The second-order valence-corrected chi connectivity index (χ2v) is 11.7. The fraction of sp³-hybridized carbons (Fsp3) is 0.719. The van der Waals surface area contributed by atoms with E-state index in [1.165, 1.54) is 0 Å². The van der Waals surface area contributed by atoms with Crippen LogP contribution in [-0.4, -0.2) is 66.6 Å². The van der Waals surface area contributed by atoms with E-state index in [4.69, 9.17) is 33.5 Å². The third kappa shape index (κ3) is 8.67. The maximum absolute atomic E-state index is 11.2. The topological polar surface area (TPSA) is 113 Å². The summed E-state index contributed by atoms with van der Waals surface area (Å²) < 4.78 is 37.2. The maximum atomic E-state index is 11.2. The molecule has 0 bridgehead atoms. The Hall–Kier alpha value is -2.17. The number of ether oxygens (including phenoxy) is 6. The van der Waals surface area contributed by atoms with Crippen LogP contribution in [0.3, 0.4) is 0 Å². The predicted octanol–water partition coefficient (Wildman–Crippen LogP) is 5.59. The molecule has 1 aliphatic carbocycles. The number of hydrogen-bond donors (Lipinski definition) is 2. The zero-order valence-corrected chi connectivity index (χ0v) is 23.9. The van der Waals surface area contributed by atoms with Crippen LogP contribution in [-0.2, 0) is 23.7 Å². The minimum Gasteiger partial charge on any atom is -0.481 e. The van der Waals surface area contributed by atoms with Crippen molar-refractivity contribution in [2.24, 2.45) is 11.8 Å². The Morgan fingerprint density at radius 3 is 2.34 bits per heavy atom. The second-order valence-electron chi connectivity index (χ2n) is 11.7. The fourth-order valence-corrected chi connectivity index (χ4v) is 6.50. The van der Waals surface area contributed by atoms with E-state index < -0.39 is 18.4 Å². The molecule has 4 aliphatic rings. The summed E-state index contributed by atoms with van der Waals surface area (Å²) in [5.74, 6) is 0.778. The van der Waals surface area contributed by atoms with Crippen molar-refractivity contribution in [1.82, 2.24) is 0 Å². The van der Waals surface area contributed by atoms with Crippen molar-refractivity contribution < 1.29 is 43.4 Å². The first-order chi connectivity index (χ1) is 20.1. The summed E-state index contributed by atoms with van der Waals surface area (Å²) in [5.41, 5.74) is 0. The number of allylic oxidation sites excluding steroid dienone is 2. The first-order valence-electron chi connectivity index (χ1n) is 15.6. The molecular weight excluding hydrogens is 528 g/mol. The van der Waals surface area contributed by atoms with E-state index in [0.717, 1.165) is 44.9 Å². The number of carbonyl (C=O) groups is 1. The normalized spacial score (nSPS) is 31.0. The Balaban J connectivity index is 1.26. The number of unbranched alkanes of at least 4 members (excludes halogenated alkanes) is 1. The van der Waals surface area contributed by atoms with Gasteiger partial charge in [0.05, 0.1) is 12.2 Å². The minimum absolute atomic E-state index is 0.0218. The van der Waals surface area contributed by atoms with Gasteiger partial charge >= 0.3 is 5.97 Å². The third-order valence-electron chi connectivity index (χ3n) is 8.68. The molecule has 5 rings (SSSR count). The first kappa shape index (κ1) is 30.3. The lowest BCUT2D eigenvalue weighted by atomic mass is 9.86. The molecule has 3 aliphatic heterocycles. The zero-order valence-electron chi connectivity index (χ0n) is 23.9. The second kappa shape index (κ2) is 15.3. The molecule has 3 fully saturated rings. The van der Waals surface area contributed by atoms with Gasteiger partial charge in [-0.25, -0.2) is 0 Å². The van der Waals surface area contributed by atoms with Crippen LogP contribution < -0.4 is 9.47 Å². The zero-order chi connectivity index (χ0) is 28.4. The maximum Gasteiger partial charge on any atom is 0.303 e. The van der Waals surface area contributed by atoms with E-state index in [1.807, 2.05) is 30.3 Å². The van der Waals surface area contributed by atoms with Crippen molar-refractivity contribution in [2.75, 3.05) is 13.2 Å². The molecular formula is C32H46O9. The molecule has 0 radical (unpaired) electrons. The predicted molar refractivity (Wildman–Crippen MR) is 150 cm³/mol. The van der Waals surface area contributed by atoms with E-state index in [1.54, 1.807) is 0 Å². The van der Waals surface area contributed by atoms with Gasteiger partial charge in [-0.1, -0.05) is 24.3 Å². The van der Waals surface area contributed by atoms with E-state index in [2.05, 4.69) is 6.08 Å². The van der Waals surface area contributed by atoms with Crippen molar-refractivity contribution in [3.05, 3.63) is 36.4 Å². The standard InChI is InChI=1S/C32H46O9/c33-24-21-28(39-31-16-8-10-20-37-31)23(22(24)11-3-1-2-4-14-29(34)35)17-18-27(38-30-15-7-9-19-36-30)32-40-25-12-5-6-13-26(25)41-32/h1,3,5-6,12-13,22-24,27-28,30-33H,2,4,7-11,14-21H2,(H,34,35)/b3-1-/t22-,23-,24+,27-,28-,30?,31?/m1/s1. The number of aliphatic hydroxyl groups is 1. The van der Waals surface area contributed by atoms with E-state index in [9.17, 15) is 9.90 Å². The first-order valence-corrected chi connectivity index (χ1v) is 15.6. The van der Waals surface area contributed by atoms with Crippen molar-refractivity contribution in [3.63, 3.8) is 0 Å². The molecule has 0 amide bonds. The lowest BCUT2D eigenvalue weighted by Crippen LogP contribution is -2.41. The van der Waals surface area contributed by atoms with Crippen molar-refractivity contribution in [2.45, 2.75) is 121 Å². The number of benzene rings is 1. The summed E-state index contributed by atoms with van der Waals surface area (Å²) in [6.07, 6.45) is 12.3. The molecule has 2 N–H and O–H groups in total. The molecule has 2 unspecified atom stereocenters. The van der Waals surface area contributed by atoms with Crippen LogP contribution in [0.15, 0.2) is 36.4 Å². The summed E-state index contributed by atoms with van der Waals surface area (Å²) in [7, 11) is 0. The Kier molecular flexibility index (Phi) is 11.3. The number of hydrogen-bond acceptors (Lipinski definition) is 8. The van der Waals surface area contributed by atoms with Crippen LogP contribution in [0.4, 0.5) is 0 Å². The molecule has 1 aromatic rings. The third-order valence-corrected chi connectivity index (χ3v) is 8.68. The van der Waals surface area contributed by atoms with Gasteiger partial charge in [-0.3, -0.25) is 4.79 Å². The highest BCUT2D eigenvalue weighted by molar-refractivity contribution is 5.66. The number of fused-ring (bicyclic) bond motifs is 1. The number of carboxylic acid groups (broad SMARTS) is 1.